The topological polar surface area (TPSA) is 60.1 Å². The second-order valence-corrected chi connectivity index (χ2v) is 9.91. The number of aromatic nitrogens is 3. The van der Waals surface area contributed by atoms with Gasteiger partial charge in [0.1, 0.15) is 0 Å². The van der Waals surface area contributed by atoms with Crippen molar-refractivity contribution in [2.24, 2.45) is 12.5 Å². The molecule has 0 bridgehead atoms. The number of rotatable bonds is 4. The van der Waals surface area contributed by atoms with Gasteiger partial charge in [0.25, 0.3) is 0 Å². The third-order valence-corrected chi connectivity index (χ3v) is 6.03. The highest BCUT2D eigenvalue weighted by Crippen LogP contribution is 2.28. The molecule has 0 aliphatic carbocycles. The summed E-state index contributed by atoms with van der Waals surface area (Å²) < 4.78 is 3.47. The Kier molecular flexibility index (Phi) is 5.73. The van der Waals surface area contributed by atoms with Crippen LogP contribution in [0.3, 0.4) is 0 Å². The number of carbonyl (C=O) groups is 1. The lowest BCUT2D eigenvalue weighted by atomic mass is 9.93. The fraction of sp³-hybridized carbons (Fsp3) is 0.480. The van der Waals surface area contributed by atoms with E-state index in [0.717, 1.165) is 41.8 Å². The summed E-state index contributed by atoms with van der Waals surface area (Å²) in [5, 5.41) is 0. The van der Waals surface area contributed by atoms with Crippen molar-refractivity contribution in [3.63, 3.8) is 0 Å². The molecule has 3 aromatic rings. The summed E-state index contributed by atoms with van der Waals surface area (Å²) in [7, 11) is 1.79. The van der Waals surface area contributed by atoms with E-state index < -0.39 is 0 Å². The molecule has 0 radical (unpaired) electrons. The van der Waals surface area contributed by atoms with E-state index in [-0.39, 0.29) is 22.9 Å². The molecule has 31 heavy (non-hydrogen) atoms. The van der Waals surface area contributed by atoms with Gasteiger partial charge >= 0.3 is 5.69 Å². The molecule has 1 unspecified atom stereocenters. The van der Waals surface area contributed by atoms with Crippen molar-refractivity contribution in [3.8, 4) is 0 Å². The van der Waals surface area contributed by atoms with Crippen LogP contribution in [0.15, 0.2) is 47.3 Å². The number of carbonyl (C=O) groups excluding carboxylic acids is 1. The number of benzene rings is 1. The number of fused-ring (bicyclic) bond motifs is 1. The van der Waals surface area contributed by atoms with Crippen LogP contribution in [-0.4, -0.2) is 38.0 Å². The Morgan fingerprint density at radius 1 is 1.13 bits per heavy atom. The minimum Gasteiger partial charge on any atom is -0.342 e. The van der Waals surface area contributed by atoms with Gasteiger partial charge in [-0.05, 0) is 36.0 Å². The highest BCUT2D eigenvalue weighted by atomic mass is 16.2. The van der Waals surface area contributed by atoms with Crippen LogP contribution in [-0.2, 0) is 24.8 Å². The Labute approximate surface area is 183 Å². The average molecular weight is 421 g/mol. The lowest BCUT2D eigenvalue weighted by Crippen LogP contribution is -2.40. The normalized spacial score (nSPS) is 17.3. The van der Waals surface area contributed by atoms with Crippen molar-refractivity contribution >= 4 is 17.1 Å². The van der Waals surface area contributed by atoms with Gasteiger partial charge in [0.2, 0.25) is 5.91 Å². The first kappa shape index (κ1) is 21.3. The maximum absolute atomic E-state index is 12.8. The van der Waals surface area contributed by atoms with Gasteiger partial charge in [-0.2, -0.15) is 0 Å². The van der Waals surface area contributed by atoms with Crippen LogP contribution in [0.25, 0.3) is 11.2 Å². The number of aryl methyl sites for hydroxylation is 1. The van der Waals surface area contributed by atoms with Gasteiger partial charge in [0, 0.05) is 38.3 Å². The van der Waals surface area contributed by atoms with E-state index in [4.69, 9.17) is 4.98 Å². The SMILES string of the molecule is Cn1c(=O)n(CC(C)(C)C)c2ccc(C3CCCN(C(=O)Cc4ccccc4)C3)nc21. The van der Waals surface area contributed by atoms with E-state index in [9.17, 15) is 9.59 Å². The molecule has 1 saturated heterocycles. The highest BCUT2D eigenvalue weighted by molar-refractivity contribution is 5.79. The quantitative estimate of drug-likeness (QED) is 0.646. The number of likely N-dealkylation sites (tertiary alicyclic amines) is 1. The van der Waals surface area contributed by atoms with Gasteiger partial charge < -0.3 is 4.90 Å². The Balaban J connectivity index is 1.56. The molecule has 1 atom stereocenters. The van der Waals surface area contributed by atoms with Crippen LogP contribution in [0.5, 0.6) is 0 Å². The van der Waals surface area contributed by atoms with Crippen molar-refractivity contribution in [2.45, 2.75) is 52.5 Å². The van der Waals surface area contributed by atoms with Gasteiger partial charge in [-0.25, -0.2) is 9.78 Å². The molecule has 164 valence electrons. The molecule has 2 aromatic heterocycles. The van der Waals surface area contributed by atoms with Crippen LogP contribution >= 0.6 is 0 Å². The average Bonchev–Trinajstić information content (AvgIpc) is 2.98. The van der Waals surface area contributed by atoms with E-state index in [1.54, 1.807) is 11.6 Å². The zero-order chi connectivity index (χ0) is 22.2. The molecule has 6 heteroatoms. The molecular formula is C25H32N4O2. The van der Waals surface area contributed by atoms with Crippen molar-refractivity contribution in [1.82, 2.24) is 19.0 Å². The molecule has 0 N–H and O–H groups in total. The molecule has 1 amide bonds. The number of nitrogens with zero attached hydrogens (tertiary/aromatic N) is 4. The van der Waals surface area contributed by atoms with Crippen LogP contribution in [0, 0.1) is 5.41 Å². The standard InChI is InChI=1S/C25H32N4O2/c1-25(2,3)17-29-21-13-12-20(26-23(21)27(4)24(29)31)19-11-8-14-28(16-19)22(30)15-18-9-6-5-7-10-18/h5-7,9-10,12-13,19H,8,11,14-17H2,1-4H3. The zero-order valence-corrected chi connectivity index (χ0v) is 19.0. The fourth-order valence-corrected chi connectivity index (χ4v) is 4.47. The predicted molar refractivity (Wildman–Crippen MR) is 123 cm³/mol. The van der Waals surface area contributed by atoms with E-state index in [0.29, 0.717) is 19.5 Å². The molecule has 6 nitrogen and oxygen atoms in total. The molecule has 0 spiro atoms. The molecule has 3 heterocycles. The Morgan fingerprint density at radius 2 is 1.87 bits per heavy atom. The molecule has 1 aromatic carbocycles. The van der Waals surface area contributed by atoms with Crippen LogP contribution in [0.4, 0.5) is 0 Å². The predicted octanol–water partition coefficient (Wildman–Crippen LogP) is 3.73. The lowest BCUT2D eigenvalue weighted by Gasteiger charge is -2.32. The molecular weight excluding hydrogens is 388 g/mol. The molecule has 1 aliphatic heterocycles. The summed E-state index contributed by atoms with van der Waals surface area (Å²) in [5.74, 6) is 0.361. The summed E-state index contributed by atoms with van der Waals surface area (Å²) in [4.78, 5) is 32.5. The Bertz CT molecular complexity index is 1140. The first-order valence-electron chi connectivity index (χ1n) is 11.1. The van der Waals surface area contributed by atoms with Gasteiger partial charge in [-0.3, -0.25) is 13.9 Å². The highest BCUT2D eigenvalue weighted by Gasteiger charge is 2.27. The number of hydrogen-bond donors (Lipinski definition) is 0. The second kappa shape index (κ2) is 8.33. The second-order valence-electron chi connectivity index (χ2n) is 9.91. The van der Waals surface area contributed by atoms with Crippen molar-refractivity contribution in [3.05, 3.63) is 64.2 Å². The summed E-state index contributed by atoms with van der Waals surface area (Å²) in [6, 6.07) is 14.0. The van der Waals surface area contributed by atoms with E-state index in [2.05, 4.69) is 20.8 Å². The number of piperidine rings is 1. The fourth-order valence-electron chi connectivity index (χ4n) is 4.47. The van der Waals surface area contributed by atoms with Gasteiger partial charge in [-0.15, -0.1) is 0 Å². The monoisotopic (exact) mass is 420 g/mol. The summed E-state index contributed by atoms with van der Waals surface area (Å²) in [6.45, 7) is 8.51. The first-order valence-corrected chi connectivity index (χ1v) is 11.1. The first-order chi connectivity index (χ1) is 14.7. The smallest absolute Gasteiger partial charge is 0.330 e. The summed E-state index contributed by atoms with van der Waals surface area (Å²) in [6.07, 6.45) is 2.41. The number of imidazole rings is 1. The molecule has 1 fully saturated rings. The van der Waals surface area contributed by atoms with Crippen LogP contribution < -0.4 is 5.69 Å². The maximum Gasteiger partial charge on any atom is 0.330 e. The van der Waals surface area contributed by atoms with Crippen molar-refractivity contribution < 1.29 is 4.79 Å². The van der Waals surface area contributed by atoms with E-state index in [1.165, 1.54) is 0 Å². The number of pyridine rings is 1. The minimum atomic E-state index is -0.0297. The largest absolute Gasteiger partial charge is 0.342 e. The third-order valence-electron chi connectivity index (χ3n) is 6.03. The van der Waals surface area contributed by atoms with Crippen LogP contribution in [0.2, 0.25) is 0 Å². The van der Waals surface area contributed by atoms with Gasteiger partial charge in [-0.1, -0.05) is 51.1 Å². The van der Waals surface area contributed by atoms with E-state index in [1.807, 2.05) is 51.9 Å². The molecule has 1 aliphatic rings. The Morgan fingerprint density at radius 3 is 2.58 bits per heavy atom. The zero-order valence-electron chi connectivity index (χ0n) is 19.0. The molecule has 4 rings (SSSR count). The van der Waals surface area contributed by atoms with Gasteiger partial charge in [0.05, 0.1) is 11.9 Å². The van der Waals surface area contributed by atoms with E-state index >= 15 is 0 Å². The van der Waals surface area contributed by atoms with Crippen molar-refractivity contribution in [2.75, 3.05) is 13.1 Å². The minimum absolute atomic E-state index is 0.000231. The lowest BCUT2D eigenvalue weighted by molar-refractivity contribution is -0.131. The third kappa shape index (κ3) is 4.58. The maximum atomic E-state index is 12.8. The number of hydrogen-bond acceptors (Lipinski definition) is 3. The number of amides is 1. The van der Waals surface area contributed by atoms with Gasteiger partial charge in [0.15, 0.2) is 5.65 Å². The Hall–Kier alpha value is -2.89. The summed E-state index contributed by atoms with van der Waals surface area (Å²) in [5.41, 5.74) is 3.58. The van der Waals surface area contributed by atoms with Crippen LogP contribution in [0.1, 0.15) is 50.8 Å². The summed E-state index contributed by atoms with van der Waals surface area (Å²) >= 11 is 0. The van der Waals surface area contributed by atoms with Crippen molar-refractivity contribution in [1.29, 1.82) is 0 Å². The molecule has 0 saturated carbocycles.